The van der Waals surface area contributed by atoms with Gasteiger partial charge in [-0.05, 0) is 48.6 Å². The average Bonchev–Trinajstić information content (AvgIpc) is 2.78. The van der Waals surface area contributed by atoms with Gasteiger partial charge in [-0.15, -0.1) is 0 Å². The highest BCUT2D eigenvalue weighted by Crippen LogP contribution is 2.27. The zero-order valence-corrected chi connectivity index (χ0v) is 13.7. The van der Waals surface area contributed by atoms with Gasteiger partial charge in [-0.25, -0.2) is 0 Å². The van der Waals surface area contributed by atoms with Crippen molar-refractivity contribution in [3.05, 3.63) is 59.4 Å². The van der Waals surface area contributed by atoms with Crippen LogP contribution in [0.4, 0.5) is 0 Å². The fourth-order valence-corrected chi connectivity index (χ4v) is 3.03. The van der Waals surface area contributed by atoms with Crippen LogP contribution in [0.3, 0.4) is 0 Å². The summed E-state index contributed by atoms with van der Waals surface area (Å²) in [5.41, 5.74) is 3.37. The van der Waals surface area contributed by atoms with Crippen LogP contribution in [0.5, 0.6) is 5.75 Å². The number of pyridine rings is 1. The molecule has 1 atom stereocenters. The number of benzene rings is 1. The Morgan fingerprint density at radius 2 is 2.17 bits per heavy atom. The summed E-state index contributed by atoms with van der Waals surface area (Å²) in [6, 6.07) is 9.98. The van der Waals surface area contributed by atoms with E-state index in [0.717, 1.165) is 35.3 Å². The maximum atomic E-state index is 12.8. The van der Waals surface area contributed by atoms with E-state index >= 15 is 0 Å². The minimum absolute atomic E-state index is 0.0224. The topological polar surface area (TPSA) is 42.4 Å². The van der Waals surface area contributed by atoms with Crippen LogP contribution in [-0.2, 0) is 17.8 Å². The maximum absolute atomic E-state index is 12.8. The predicted molar refractivity (Wildman–Crippen MR) is 89.2 cm³/mol. The first-order valence-electron chi connectivity index (χ1n) is 8.00. The van der Waals surface area contributed by atoms with E-state index < -0.39 is 0 Å². The third kappa shape index (κ3) is 3.52. The first-order chi connectivity index (χ1) is 11.1. The summed E-state index contributed by atoms with van der Waals surface area (Å²) in [7, 11) is 1.87. The van der Waals surface area contributed by atoms with Gasteiger partial charge < -0.3 is 9.64 Å². The van der Waals surface area contributed by atoms with Gasteiger partial charge in [0, 0.05) is 31.9 Å². The number of fused-ring (bicyclic) bond motifs is 1. The van der Waals surface area contributed by atoms with Crippen LogP contribution < -0.4 is 4.74 Å². The molecule has 4 nitrogen and oxygen atoms in total. The smallest absolute Gasteiger partial charge is 0.226 e. The van der Waals surface area contributed by atoms with Crippen molar-refractivity contribution >= 4 is 5.91 Å². The van der Waals surface area contributed by atoms with Crippen LogP contribution in [0, 0.1) is 12.8 Å². The van der Waals surface area contributed by atoms with Crippen molar-refractivity contribution in [2.45, 2.75) is 26.3 Å². The van der Waals surface area contributed by atoms with Crippen molar-refractivity contribution in [3.63, 3.8) is 0 Å². The van der Waals surface area contributed by atoms with E-state index in [1.54, 1.807) is 6.20 Å². The maximum Gasteiger partial charge on any atom is 0.226 e. The van der Waals surface area contributed by atoms with E-state index in [4.69, 9.17) is 4.74 Å². The molecule has 0 bridgehead atoms. The number of hydrogen-bond acceptors (Lipinski definition) is 3. The Hall–Kier alpha value is -2.36. The van der Waals surface area contributed by atoms with Gasteiger partial charge in [0.15, 0.2) is 0 Å². The van der Waals surface area contributed by atoms with E-state index in [1.807, 2.05) is 55.4 Å². The van der Waals surface area contributed by atoms with Gasteiger partial charge in [0.2, 0.25) is 5.91 Å². The molecule has 3 rings (SSSR count). The molecule has 0 aliphatic carbocycles. The van der Waals surface area contributed by atoms with Gasteiger partial charge in [-0.2, -0.15) is 0 Å². The summed E-state index contributed by atoms with van der Waals surface area (Å²) in [6.45, 7) is 3.23. The molecule has 23 heavy (non-hydrogen) atoms. The third-order valence-electron chi connectivity index (χ3n) is 4.43. The number of aromatic nitrogens is 1. The Bertz CT molecular complexity index is 699. The van der Waals surface area contributed by atoms with Gasteiger partial charge >= 0.3 is 0 Å². The lowest BCUT2D eigenvalue weighted by Crippen LogP contribution is -2.34. The molecule has 0 spiro atoms. The van der Waals surface area contributed by atoms with Gasteiger partial charge in [-0.1, -0.05) is 18.2 Å². The number of aryl methyl sites for hydroxylation is 1. The summed E-state index contributed by atoms with van der Waals surface area (Å²) in [4.78, 5) is 18.8. The average molecular weight is 310 g/mol. The van der Waals surface area contributed by atoms with E-state index in [1.165, 1.54) is 0 Å². The minimum Gasteiger partial charge on any atom is -0.493 e. The van der Waals surface area contributed by atoms with Gasteiger partial charge in [0.25, 0.3) is 0 Å². The first-order valence-corrected chi connectivity index (χ1v) is 8.00. The van der Waals surface area contributed by atoms with Gasteiger partial charge in [-0.3, -0.25) is 9.78 Å². The van der Waals surface area contributed by atoms with Crippen molar-refractivity contribution in [1.82, 2.24) is 9.88 Å². The molecule has 1 aromatic heterocycles. The van der Waals surface area contributed by atoms with E-state index in [2.05, 4.69) is 4.98 Å². The number of carbonyl (C=O) groups is 1. The predicted octanol–water partition coefficient (Wildman–Crippen LogP) is 2.99. The molecule has 2 aromatic rings. The Balaban J connectivity index is 1.71. The molecule has 1 aromatic carbocycles. The molecule has 0 N–H and O–H groups in total. The summed E-state index contributed by atoms with van der Waals surface area (Å²) < 4.78 is 5.77. The summed E-state index contributed by atoms with van der Waals surface area (Å²) in [5.74, 6) is 1.07. The van der Waals surface area contributed by atoms with Gasteiger partial charge in [0.1, 0.15) is 5.75 Å². The number of rotatable bonds is 3. The van der Waals surface area contributed by atoms with E-state index in [-0.39, 0.29) is 11.8 Å². The second-order valence-corrected chi connectivity index (χ2v) is 6.14. The van der Waals surface area contributed by atoms with E-state index in [9.17, 15) is 4.79 Å². The molecule has 1 aliphatic heterocycles. The number of nitrogens with zero attached hydrogens (tertiary/aromatic N) is 2. The molecule has 0 saturated carbocycles. The molecule has 0 fully saturated rings. The van der Waals surface area contributed by atoms with Crippen molar-refractivity contribution < 1.29 is 9.53 Å². The molecular weight excluding hydrogens is 288 g/mol. The molecule has 0 radical (unpaired) electrons. The molecular formula is C19H22N2O2. The lowest BCUT2D eigenvalue weighted by Gasteiger charge is -2.23. The second kappa shape index (κ2) is 6.82. The standard InChI is InChI=1S/C19H22N2O2/c1-14-12-20-9-7-17(14)13-21(2)19(22)16-8-10-23-18-6-4-3-5-15(18)11-16/h3-7,9,12,16H,8,10-11,13H2,1-2H3/t16-/m0/s1. The largest absolute Gasteiger partial charge is 0.493 e. The molecule has 1 aliphatic rings. The number of para-hydroxylation sites is 1. The van der Waals surface area contributed by atoms with Crippen molar-refractivity contribution in [1.29, 1.82) is 0 Å². The highest BCUT2D eigenvalue weighted by atomic mass is 16.5. The summed E-state index contributed by atoms with van der Waals surface area (Å²) in [5, 5.41) is 0. The Labute approximate surface area is 137 Å². The molecule has 2 heterocycles. The Kier molecular flexibility index (Phi) is 4.60. The van der Waals surface area contributed by atoms with Crippen molar-refractivity contribution in [2.24, 2.45) is 5.92 Å². The lowest BCUT2D eigenvalue weighted by molar-refractivity contribution is -0.135. The van der Waals surface area contributed by atoms with E-state index in [0.29, 0.717) is 13.2 Å². The fourth-order valence-electron chi connectivity index (χ4n) is 3.03. The minimum atomic E-state index is -0.0224. The number of hydrogen-bond donors (Lipinski definition) is 0. The lowest BCUT2D eigenvalue weighted by atomic mass is 9.95. The molecule has 120 valence electrons. The summed E-state index contributed by atoms with van der Waals surface area (Å²) >= 11 is 0. The quantitative estimate of drug-likeness (QED) is 0.875. The van der Waals surface area contributed by atoms with Crippen LogP contribution in [0.15, 0.2) is 42.7 Å². The number of carbonyl (C=O) groups excluding carboxylic acids is 1. The summed E-state index contributed by atoms with van der Waals surface area (Å²) in [6.07, 6.45) is 5.11. The fraction of sp³-hybridized carbons (Fsp3) is 0.368. The van der Waals surface area contributed by atoms with Crippen LogP contribution in [-0.4, -0.2) is 29.4 Å². The van der Waals surface area contributed by atoms with Crippen LogP contribution in [0.1, 0.15) is 23.1 Å². The normalized spacial score (nSPS) is 16.9. The zero-order valence-electron chi connectivity index (χ0n) is 13.7. The Morgan fingerprint density at radius 3 is 3.00 bits per heavy atom. The van der Waals surface area contributed by atoms with Crippen molar-refractivity contribution in [2.75, 3.05) is 13.7 Å². The molecule has 0 unspecified atom stereocenters. The van der Waals surface area contributed by atoms with Crippen LogP contribution in [0.25, 0.3) is 0 Å². The molecule has 4 heteroatoms. The van der Waals surface area contributed by atoms with Crippen LogP contribution >= 0.6 is 0 Å². The van der Waals surface area contributed by atoms with Gasteiger partial charge in [0.05, 0.1) is 6.61 Å². The third-order valence-corrected chi connectivity index (χ3v) is 4.43. The highest BCUT2D eigenvalue weighted by Gasteiger charge is 2.26. The van der Waals surface area contributed by atoms with Crippen LogP contribution in [0.2, 0.25) is 0 Å². The Morgan fingerprint density at radius 1 is 1.35 bits per heavy atom. The SMILES string of the molecule is Cc1cnccc1CN(C)C(=O)[C@H]1CCOc2ccccc2C1. The molecule has 0 saturated heterocycles. The second-order valence-electron chi connectivity index (χ2n) is 6.14. The number of ether oxygens (including phenoxy) is 1. The monoisotopic (exact) mass is 310 g/mol. The highest BCUT2D eigenvalue weighted by molar-refractivity contribution is 5.79. The first kappa shape index (κ1) is 15.5. The molecule has 1 amide bonds. The zero-order chi connectivity index (χ0) is 16.2. The van der Waals surface area contributed by atoms with Crippen molar-refractivity contribution in [3.8, 4) is 5.75 Å². The number of amides is 1.